The second kappa shape index (κ2) is 13.1. The van der Waals surface area contributed by atoms with E-state index in [-0.39, 0.29) is 5.97 Å². The zero-order chi connectivity index (χ0) is 21.7. The summed E-state index contributed by atoms with van der Waals surface area (Å²) in [5, 5.41) is 0. The fourth-order valence-electron chi connectivity index (χ4n) is 3.01. The highest BCUT2D eigenvalue weighted by Crippen LogP contribution is 2.38. The van der Waals surface area contributed by atoms with Crippen molar-refractivity contribution in [2.45, 2.75) is 40.6 Å². The molecule has 3 nitrogen and oxygen atoms in total. The lowest BCUT2D eigenvalue weighted by Crippen LogP contribution is -2.08. The van der Waals surface area contributed by atoms with Gasteiger partial charge in [0.15, 0.2) is 0 Å². The van der Waals surface area contributed by atoms with E-state index in [2.05, 4.69) is 60.7 Å². The first-order valence-corrected chi connectivity index (χ1v) is 12.3. The average Bonchev–Trinajstić information content (AvgIpc) is 2.80. The third-order valence-corrected chi connectivity index (χ3v) is 7.16. The van der Waals surface area contributed by atoms with E-state index in [0.29, 0.717) is 29.1 Å². The number of hydrogen-bond acceptors (Lipinski definition) is 5. The molecule has 3 aromatic carbocycles. The lowest BCUT2D eigenvalue weighted by atomic mass is 10.2. The maximum atomic E-state index is 12.1. The first-order chi connectivity index (χ1) is 15.3. The minimum atomic E-state index is -0.336. The lowest BCUT2D eigenvalue weighted by Gasteiger charge is -2.17. The molecule has 0 N–H and O–H groups in total. The summed E-state index contributed by atoms with van der Waals surface area (Å²) >= 11 is 3.82. The Morgan fingerprint density at radius 1 is 0.806 bits per heavy atom. The molecule has 0 spiro atoms. The summed E-state index contributed by atoms with van der Waals surface area (Å²) in [6.45, 7) is 2.74. The second-order valence-corrected chi connectivity index (χ2v) is 9.70. The third-order valence-electron chi connectivity index (χ3n) is 4.50. The molecule has 0 fully saturated rings. The van der Waals surface area contributed by atoms with Gasteiger partial charge >= 0.3 is 5.97 Å². The summed E-state index contributed by atoms with van der Waals surface area (Å²) < 4.78 is 11.5. The van der Waals surface area contributed by atoms with E-state index in [1.807, 2.05) is 41.7 Å². The van der Waals surface area contributed by atoms with E-state index < -0.39 is 0 Å². The van der Waals surface area contributed by atoms with E-state index in [1.165, 1.54) is 9.79 Å². The number of benzene rings is 3. The predicted molar refractivity (Wildman–Crippen MR) is 130 cm³/mol. The van der Waals surface area contributed by atoms with Crippen LogP contribution >= 0.6 is 23.5 Å². The Balaban J connectivity index is 1.51. The summed E-state index contributed by atoms with van der Waals surface area (Å²) in [4.78, 5) is 14.7. The topological polar surface area (TPSA) is 35.5 Å². The van der Waals surface area contributed by atoms with Crippen molar-refractivity contribution in [3.05, 3.63) is 90.5 Å². The normalized spacial score (nSPS) is 10.8. The number of carbonyl (C=O) groups is 1. The van der Waals surface area contributed by atoms with E-state index in [0.717, 1.165) is 19.3 Å². The Labute approximate surface area is 193 Å². The van der Waals surface area contributed by atoms with E-state index in [1.54, 1.807) is 13.0 Å². The molecule has 0 aliphatic rings. The summed E-state index contributed by atoms with van der Waals surface area (Å²) in [7, 11) is 0. The van der Waals surface area contributed by atoms with Gasteiger partial charge in [-0.2, -0.15) is 0 Å². The Morgan fingerprint density at radius 3 is 2.00 bits per heavy atom. The molecule has 162 valence electrons. The molecule has 3 aromatic rings. The molecule has 0 aliphatic carbocycles. The van der Waals surface area contributed by atoms with Gasteiger partial charge in [0.05, 0.1) is 17.8 Å². The van der Waals surface area contributed by atoms with Gasteiger partial charge < -0.3 is 9.47 Å². The number of hydrogen-bond donors (Lipinski definition) is 0. The van der Waals surface area contributed by atoms with Gasteiger partial charge in [0.25, 0.3) is 0 Å². The van der Waals surface area contributed by atoms with Gasteiger partial charge in [0.2, 0.25) is 0 Å². The molecule has 0 aliphatic heterocycles. The summed E-state index contributed by atoms with van der Waals surface area (Å²) in [5.74, 6) is 0.256. The fraction of sp³-hybridized carbons (Fsp3) is 0.269. The van der Waals surface area contributed by atoms with Crippen molar-refractivity contribution in [1.82, 2.24) is 0 Å². The van der Waals surface area contributed by atoms with E-state index >= 15 is 0 Å². The molecule has 3 rings (SSSR count). The molecular weight excluding hydrogens is 424 g/mol. The molecule has 0 radical (unpaired) electrons. The van der Waals surface area contributed by atoms with Crippen LogP contribution in [0.2, 0.25) is 0 Å². The summed E-state index contributed by atoms with van der Waals surface area (Å²) in [6, 6.07) is 28.4. The number of rotatable bonds is 12. The highest BCUT2D eigenvalue weighted by atomic mass is 32.2. The van der Waals surface area contributed by atoms with Crippen LogP contribution in [-0.2, 0) is 4.74 Å². The average molecular weight is 453 g/mol. The number of carbonyl (C=O) groups excluding carboxylic acids is 1. The minimum Gasteiger partial charge on any atom is -0.493 e. The third kappa shape index (κ3) is 8.00. The van der Waals surface area contributed by atoms with Crippen molar-refractivity contribution in [2.24, 2.45) is 0 Å². The van der Waals surface area contributed by atoms with Crippen molar-refractivity contribution in [1.29, 1.82) is 0 Å². The Kier molecular flexibility index (Phi) is 9.87. The number of para-hydroxylation sites is 1. The van der Waals surface area contributed by atoms with Crippen LogP contribution in [0.25, 0.3) is 0 Å². The molecule has 0 unspecified atom stereocenters. The van der Waals surface area contributed by atoms with Gasteiger partial charge in [-0.25, -0.2) is 4.79 Å². The highest BCUT2D eigenvalue weighted by Gasteiger charge is 2.14. The fourth-order valence-corrected chi connectivity index (χ4v) is 5.67. The van der Waals surface area contributed by atoms with Crippen molar-refractivity contribution in [2.75, 3.05) is 13.2 Å². The predicted octanol–water partition coefficient (Wildman–Crippen LogP) is 7.32. The largest absolute Gasteiger partial charge is 0.493 e. The van der Waals surface area contributed by atoms with Gasteiger partial charge in [-0.15, -0.1) is 23.5 Å². The van der Waals surface area contributed by atoms with Crippen LogP contribution in [0.3, 0.4) is 0 Å². The van der Waals surface area contributed by atoms with Gasteiger partial charge in [0, 0.05) is 9.79 Å². The molecule has 0 amide bonds. The highest BCUT2D eigenvalue weighted by molar-refractivity contribution is 8.17. The molecule has 0 saturated heterocycles. The van der Waals surface area contributed by atoms with Crippen LogP contribution in [0.4, 0.5) is 0 Å². The van der Waals surface area contributed by atoms with Crippen LogP contribution in [0.15, 0.2) is 94.7 Å². The lowest BCUT2D eigenvalue weighted by molar-refractivity contribution is 0.0521. The van der Waals surface area contributed by atoms with E-state index in [4.69, 9.17) is 9.47 Å². The monoisotopic (exact) mass is 452 g/mol. The zero-order valence-corrected chi connectivity index (χ0v) is 19.4. The number of esters is 1. The maximum Gasteiger partial charge on any atom is 0.341 e. The smallest absolute Gasteiger partial charge is 0.341 e. The van der Waals surface area contributed by atoms with Crippen LogP contribution < -0.4 is 4.74 Å². The van der Waals surface area contributed by atoms with Crippen LogP contribution in [-0.4, -0.2) is 23.8 Å². The first-order valence-electron chi connectivity index (χ1n) is 10.6. The van der Waals surface area contributed by atoms with Gasteiger partial charge in [-0.1, -0.05) is 48.5 Å². The second-order valence-electron chi connectivity index (χ2n) is 6.85. The molecule has 0 heterocycles. The van der Waals surface area contributed by atoms with Crippen molar-refractivity contribution in [3.63, 3.8) is 0 Å². The van der Waals surface area contributed by atoms with Gasteiger partial charge in [0.1, 0.15) is 11.3 Å². The van der Waals surface area contributed by atoms with Gasteiger partial charge in [-0.05, 0) is 62.6 Å². The Bertz CT molecular complexity index is 875. The molecule has 0 saturated carbocycles. The SMILES string of the molecule is CCOC(=O)c1ccccc1OCCCCC(Sc1ccccc1)Sc1ccccc1. The maximum absolute atomic E-state index is 12.1. The van der Waals surface area contributed by atoms with Crippen LogP contribution in [0.1, 0.15) is 36.5 Å². The zero-order valence-electron chi connectivity index (χ0n) is 17.7. The molecular formula is C26H28O3S2. The van der Waals surface area contributed by atoms with Crippen molar-refractivity contribution < 1.29 is 14.3 Å². The minimum absolute atomic E-state index is 0.336. The molecule has 0 aromatic heterocycles. The van der Waals surface area contributed by atoms with Gasteiger partial charge in [-0.3, -0.25) is 0 Å². The Hall–Kier alpha value is -2.37. The number of thioether (sulfide) groups is 2. The first kappa shape index (κ1) is 23.3. The standard InChI is InChI=1S/C26H28O3S2/c1-2-28-26(27)23-17-9-10-18-24(23)29-20-12-11-19-25(30-21-13-5-3-6-14-21)31-22-15-7-4-8-16-22/h3-10,13-18,25H,2,11-12,19-20H2,1H3. The number of ether oxygens (including phenoxy) is 2. The van der Waals surface area contributed by atoms with Crippen LogP contribution in [0.5, 0.6) is 5.75 Å². The van der Waals surface area contributed by atoms with E-state index in [9.17, 15) is 4.79 Å². The summed E-state index contributed by atoms with van der Waals surface area (Å²) in [5.41, 5.74) is 0.487. The quantitative estimate of drug-likeness (QED) is 0.124. The Morgan fingerprint density at radius 2 is 1.39 bits per heavy atom. The molecule has 5 heteroatoms. The number of unbranched alkanes of at least 4 members (excludes halogenated alkanes) is 1. The molecule has 0 bridgehead atoms. The molecule has 31 heavy (non-hydrogen) atoms. The molecule has 0 atom stereocenters. The van der Waals surface area contributed by atoms with Crippen molar-refractivity contribution in [3.8, 4) is 5.75 Å². The summed E-state index contributed by atoms with van der Waals surface area (Å²) in [6.07, 6.45) is 3.05. The van der Waals surface area contributed by atoms with Crippen molar-refractivity contribution >= 4 is 29.5 Å². The van der Waals surface area contributed by atoms with Crippen LogP contribution in [0, 0.1) is 0 Å².